The molecule has 0 atom stereocenters. The van der Waals surface area contributed by atoms with E-state index in [2.05, 4.69) is 10.3 Å². The number of aromatic amines is 1. The Kier molecular flexibility index (Phi) is 3.99. The van der Waals surface area contributed by atoms with Gasteiger partial charge in [0.05, 0.1) is 5.02 Å². The Labute approximate surface area is 109 Å². The van der Waals surface area contributed by atoms with Gasteiger partial charge in [-0.05, 0) is 30.2 Å². The van der Waals surface area contributed by atoms with Crippen molar-refractivity contribution in [2.45, 2.75) is 6.42 Å². The molecule has 0 saturated heterocycles. The number of halogens is 2. The molecule has 0 bridgehead atoms. The SMILES string of the molecule is O=C(NCCc1ccc(F)cc1)c1cc(Cl)c[nH]1. The van der Waals surface area contributed by atoms with Crippen LogP contribution in [0, 0.1) is 5.82 Å². The molecule has 5 heteroatoms. The smallest absolute Gasteiger partial charge is 0.267 e. The number of nitrogens with one attached hydrogen (secondary N) is 2. The van der Waals surface area contributed by atoms with Crippen LogP contribution in [0.3, 0.4) is 0 Å². The summed E-state index contributed by atoms with van der Waals surface area (Å²) >= 11 is 5.70. The maximum atomic E-state index is 12.7. The molecule has 94 valence electrons. The lowest BCUT2D eigenvalue weighted by molar-refractivity contribution is 0.0950. The molecule has 0 saturated carbocycles. The number of hydrogen-bond donors (Lipinski definition) is 2. The Hall–Kier alpha value is -1.81. The van der Waals surface area contributed by atoms with E-state index < -0.39 is 0 Å². The highest BCUT2D eigenvalue weighted by atomic mass is 35.5. The first-order chi connectivity index (χ1) is 8.65. The highest BCUT2D eigenvalue weighted by Gasteiger charge is 2.06. The molecule has 2 aromatic rings. The minimum atomic E-state index is -0.260. The Morgan fingerprint density at radius 1 is 1.33 bits per heavy atom. The summed E-state index contributed by atoms with van der Waals surface area (Å²) in [6, 6.07) is 7.78. The molecule has 1 heterocycles. The zero-order valence-electron chi connectivity index (χ0n) is 9.54. The van der Waals surface area contributed by atoms with Crippen molar-refractivity contribution >= 4 is 17.5 Å². The van der Waals surface area contributed by atoms with Crippen molar-refractivity contribution in [1.29, 1.82) is 0 Å². The first-order valence-corrected chi connectivity index (χ1v) is 5.89. The Balaban J connectivity index is 1.82. The first kappa shape index (κ1) is 12.6. The molecule has 0 spiro atoms. The number of aromatic nitrogens is 1. The van der Waals surface area contributed by atoms with Crippen LogP contribution in [-0.2, 0) is 6.42 Å². The van der Waals surface area contributed by atoms with E-state index in [9.17, 15) is 9.18 Å². The van der Waals surface area contributed by atoms with E-state index in [4.69, 9.17) is 11.6 Å². The van der Waals surface area contributed by atoms with Crippen LogP contribution in [0.5, 0.6) is 0 Å². The van der Waals surface area contributed by atoms with Crippen molar-refractivity contribution in [1.82, 2.24) is 10.3 Å². The molecule has 0 fully saturated rings. The van der Waals surface area contributed by atoms with Gasteiger partial charge in [-0.2, -0.15) is 0 Å². The number of rotatable bonds is 4. The third-order valence-electron chi connectivity index (χ3n) is 2.50. The van der Waals surface area contributed by atoms with Gasteiger partial charge in [0, 0.05) is 12.7 Å². The summed E-state index contributed by atoms with van der Waals surface area (Å²) in [5.41, 5.74) is 1.40. The van der Waals surface area contributed by atoms with Gasteiger partial charge < -0.3 is 10.3 Å². The van der Waals surface area contributed by atoms with E-state index in [-0.39, 0.29) is 11.7 Å². The number of H-pyrrole nitrogens is 1. The van der Waals surface area contributed by atoms with Gasteiger partial charge in [0.15, 0.2) is 0 Å². The van der Waals surface area contributed by atoms with Gasteiger partial charge in [0.1, 0.15) is 11.5 Å². The van der Waals surface area contributed by atoms with E-state index in [0.29, 0.717) is 23.7 Å². The molecule has 0 unspecified atom stereocenters. The minimum Gasteiger partial charge on any atom is -0.356 e. The van der Waals surface area contributed by atoms with Gasteiger partial charge in [-0.15, -0.1) is 0 Å². The lowest BCUT2D eigenvalue weighted by Crippen LogP contribution is -2.25. The van der Waals surface area contributed by atoms with Crippen molar-refractivity contribution in [3.8, 4) is 0 Å². The summed E-state index contributed by atoms with van der Waals surface area (Å²) in [5, 5.41) is 3.25. The zero-order chi connectivity index (χ0) is 13.0. The summed E-state index contributed by atoms with van der Waals surface area (Å²) < 4.78 is 12.7. The van der Waals surface area contributed by atoms with Crippen LogP contribution in [0.4, 0.5) is 4.39 Å². The van der Waals surface area contributed by atoms with E-state index in [0.717, 1.165) is 5.56 Å². The van der Waals surface area contributed by atoms with Gasteiger partial charge in [-0.1, -0.05) is 23.7 Å². The van der Waals surface area contributed by atoms with Crippen molar-refractivity contribution in [3.05, 3.63) is 58.6 Å². The van der Waals surface area contributed by atoms with Crippen LogP contribution in [0.25, 0.3) is 0 Å². The average Bonchev–Trinajstić information content (AvgIpc) is 2.78. The van der Waals surface area contributed by atoms with Gasteiger partial charge in [0.2, 0.25) is 0 Å². The minimum absolute atomic E-state index is 0.205. The molecular weight excluding hydrogens is 255 g/mol. The molecule has 18 heavy (non-hydrogen) atoms. The van der Waals surface area contributed by atoms with Gasteiger partial charge in [-0.3, -0.25) is 4.79 Å². The fourth-order valence-corrected chi connectivity index (χ4v) is 1.73. The highest BCUT2D eigenvalue weighted by molar-refractivity contribution is 6.30. The fraction of sp³-hybridized carbons (Fsp3) is 0.154. The lowest BCUT2D eigenvalue weighted by atomic mass is 10.1. The average molecular weight is 267 g/mol. The largest absolute Gasteiger partial charge is 0.356 e. The fourth-order valence-electron chi connectivity index (χ4n) is 1.57. The van der Waals surface area contributed by atoms with Gasteiger partial charge in [0.25, 0.3) is 5.91 Å². The van der Waals surface area contributed by atoms with E-state index in [1.807, 2.05) is 0 Å². The number of carbonyl (C=O) groups is 1. The van der Waals surface area contributed by atoms with Crippen LogP contribution in [0.15, 0.2) is 36.5 Å². The Morgan fingerprint density at radius 3 is 2.67 bits per heavy atom. The van der Waals surface area contributed by atoms with E-state index in [1.54, 1.807) is 24.4 Å². The van der Waals surface area contributed by atoms with Crippen molar-refractivity contribution in [2.24, 2.45) is 0 Å². The normalized spacial score (nSPS) is 10.3. The van der Waals surface area contributed by atoms with Gasteiger partial charge >= 0.3 is 0 Å². The predicted molar refractivity (Wildman–Crippen MR) is 68.2 cm³/mol. The summed E-state index contributed by atoms with van der Waals surface area (Å²) in [5.74, 6) is -0.465. The van der Waals surface area contributed by atoms with Crippen LogP contribution in [0.2, 0.25) is 5.02 Å². The number of hydrogen-bond acceptors (Lipinski definition) is 1. The molecule has 3 nitrogen and oxygen atoms in total. The molecule has 1 aromatic heterocycles. The molecule has 0 aliphatic rings. The third-order valence-corrected chi connectivity index (χ3v) is 2.72. The molecule has 0 aliphatic heterocycles. The summed E-state index contributed by atoms with van der Waals surface area (Å²) in [6.45, 7) is 0.487. The van der Waals surface area contributed by atoms with Crippen molar-refractivity contribution in [3.63, 3.8) is 0 Å². The predicted octanol–water partition coefficient (Wildman–Crippen LogP) is 2.78. The first-order valence-electron chi connectivity index (χ1n) is 5.52. The molecule has 1 amide bonds. The number of amides is 1. The lowest BCUT2D eigenvalue weighted by Gasteiger charge is -2.04. The van der Waals surface area contributed by atoms with Crippen LogP contribution < -0.4 is 5.32 Å². The van der Waals surface area contributed by atoms with Crippen molar-refractivity contribution in [2.75, 3.05) is 6.54 Å². The van der Waals surface area contributed by atoms with E-state index >= 15 is 0 Å². The standard InChI is InChI=1S/C13H12ClFN2O/c14-10-7-12(17-8-10)13(18)16-6-5-9-1-3-11(15)4-2-9/h1-4,7-8,17H,5-6H2,(H,16,18). The molecule has 0 aliphatic carbocycles. The summed E-state index contributed by atoms with van der Waals surface area (Å²) in [7, 11) is 0. The molecular formula is C13H12ClFN2O. The van der Waals surface area contributed by atoms with Gasteiger partial charge in [-0.25, -0.2) is 4.39 Å². The monoisotopic (exact) mass is 266 g/mol. The topological polar surface area (TPSA) is 44.9 Å². The van der Waals surface area contributed by atoms with Crippen LogP contribution in [0.1, 0.15) is 16.1 Å². The zero-order valence-corrected chi connectivity index (χ0v) is 10.3. The maximum absolute atomic E-state index is 12.7. The second-order valence-corrected chi connectivity index (χ2v) is 4.30. The maximum Gasteiger partial charge on any atom is 0.267 e. The second-order valence-electron chi connectivity index (χ2n) is 3.86. The Bertz CT molecular complexity index is 536. The summed E-state index contributed by atoms with van der Waals surface area (Å²) in [6.07, 6.45) is 2.21. The number of carbonyl (C=O) groups excluding carboxylic acids is 1. The van der Waals surface area contributed by atoms with E-state index in [1.165, 1.54) is 12.1 Å². The molecule has 2 rings (SSSR count). The number of benzene rings is 1. The second kappa shape index (κ2) is 5.69. The third kappa shape index (κ3) is 3.34. The molecule has 1 aromatic carbocycles. The van der Waals surface area contributed by atoms with Crippen LogP contribution >= 0.6 is 11.6 Å². The van der Waals surface area contributed by atoms with Crippen LogP contribution in [-0.4, -0.2) is 17.4 Å². The quantitative estimate of drug-likeness (QED) is 0.878. The summed E-state index contributed by atoms with van der Waals surface area (Å²) in [4.78, 5) is 14.4. The highest BCUT2D eigenvalue weighted by Crippen LogP contribution is 2.09. The Morgan fingerprint density at radius 2 is 2.06 bits per heavy atom. The van der Waals surface area contributed by atoms with Crippen molar-refractivity contribution < 1.29 is 9.18 Å². The molecule has 2 N–H and O–H groups in total. The molecule has 0 radical (unpaired) electrons.